The molecule has 6 heteroatoms. The Morgan fingerprint density at radius 1 is 1.04 bits per heavy atom. The van der Waals surface area contributed by atoms with Gasteiger partial charge in [-0.3, -0.25) is 9.69 Å². The first-order chi connectivity index (χ1) is 13.6. The summed E-state index contributed by atoms with van der Waals surface area (Å²) in [7, 11) is 0. The SMILES string of the molecule is O=C1C2CN(Cc3ccc(F)cc3F)CCC2OCCN1Cc1ccccc1. The Kier molecular flexibility index (Phi) is 5.69. The zero-order chi connectivity index (χ0) is 19.5. The molecule has 0 aliphatic carbocycles. The molecule has 0 saturated carbocycles. The number of hydrogen-bond acceptors (Lipinski definition) is 3. The van der Waals surface area contributed by atoms with Gasteiger partial charge >= 0.3 is 0 Å². The van der Waals surface area contributed by atoms with Gasteiger partial charge in [0.15, 0.2) is 0 Å². The van der Waals surface area contributed by atoms with Crippen LogP contribution in [0.25, 0.3) is 0 Å². The molecule has 0 aromatic heterocycles. The standard InChI is InChI=1S/C22H24F2N2O2/c23-18-7-6-17(20(24)12-18)14-25-9-8-21-19(15-25)22(27)26(10-11-28-21)13-16-4-2-1-3-5-16/h1-7,12,19,21H,8-11,13-15H2. The molecule has 0 N–H and O–H groups in total. The Bertz CT molecular complexity index is 831. The Balaban J connectivity index is 1.45. The molecule has 0 radical (unpaired) electrons. The van der Waals surface area contributed by atoms with Gasteiger partial charge in [-0.2, -0.15) is 0 Å². The number of amides is 1. The smallest absolute Gasteiger partial charge is 0.229 e. The molecule has 2 aromatic rings. The molecule has 2 heterocycles. The van der Waals surface area contributed by atoms with Crippen molar-refractivity contribution < 1.29 is 18.3 Å². The molecule has 2 aromatic carbocycles. The summed E-state index contributed by atoms with van der Waals surface area (Å²) in [5.74, 6) is -1.29. The van der Waals surface area contributed by atoms with Crippen LogP contribution in [0.2, 0.25) is 0 Å². The summed E-state index contributed by atoms with van der Waals surface area (Å²) >= 11 is 0. The van der Waals surface area contributed by atoms with Crippen molar-refractivity contribution >= 4 is 5.91 Å². The second-order valence-corrected chi connectivity index (χ2v) is 7.52. The van der Waals surface area contributed by atoms with Crippen LogP contribution in [-0.2, 0) is 22.6 Å². The zero-order valence-electron chi connectivity index (χ0n) is 15.7. The largest absolute Gasteiger partial charge is 0.375 e. The third-order valence-electron chi connectivity index (χ3n) is 5.58. The fourth-order valence-corrected chi connectivity index (χ4v) is 4.09. The van der Waals surface area contributed by atoms with E-state index in [1.54, 1.807) is 0 Å². The predicted molar refractivity (Wildman–Crippen MR) is 101 cm³/mol. The van der Waals surface area contributed by atoms with Gasteiger partial charge in [0.25, 0.3) is 0 Å². The molecule has 2 aliphatic rings. The maximum absolute atomic E-state index is 14.0. The Hall–Kier alpha value is -2.31. The number of fused-ring (bicyclic) bond motifs is 1. The number of rotatable bonds is 4. The van der Waals surface area contributed by atoms with Crippen LogP contribution < -0.4 is 0 Å². The van der Waals surface area contributed by atoms with Crippen LogP contribution in [-0.4, -0.2) is 48.1 Å². The van der Waals surface area contributed by atoms with E-state index in [0.29, 0.717) is 38.3 Å². The van der Waals surface area contributed by atoms with Gasteiger partial charge < -0.3 is 9.64 Å². The van der Waals surface area contributed by atoms with E-state index in [1.807, 2.05) is 35.2 Å². The molecular weight excluding hydrogens is 362 g/mol. The minimum absolute atomic E-state index is 0.0932. The second kappa shape index (κ2) is 8.37. The third-order valence-corrected chi connectivity index (χ3v) is 5.58. The lowest BCUT2D eigenvalue weighted by atomic mass is 9.92. The number of likely N-dealkylation sites (tertiary alicyclic amines) is 1. The minimum Gasteiger partial charge on any atom is -0.375 e. The molecular formula is C22H24F2N2O2. The van der Waals surface area contributed by atoms with Crippen molar-refractivity contribution in [3.8, 4) is 0 Å². The van der Waals surface area contributed by atoms with Gasteiger partial charge in [-0.15, -0.1) is 0 Å². The van der Waals surface area contributed by atoms with Crippen LogP contribution in [0.5, 0.6) is 0 Å². The topological polar surface area (TPSA) is 32.8 Å². The van der Waals surface area contributed by atoms with Crippen molar-refractivity contribution in [2.24, 2.45) is 5.92 Å². The van der Waals surface area contributed by atoms with Gasteiger partial charge in [0, 0.05) is 44.4 Å². The van der Waals surface area contributed by atoms with Crippen molar-refractivity contribution in [1.29, 1.82) is 0 Å². The molecule has 0 spiro atoms. The molecule has 148 valence electrons. The number of benzene rings is 2. The highest BCUT2D eigenvalue weighted by molar-refractivity contribution is 5.80. The van der Waals surface area contributed by atoms with Gasteiger partial charge in [-0.25, -0.2) is 8.78 Å². The summed E-state index contributed by atoms with van der Waals surface area (Å²) in [4.78, 5) is 17.1. The van der Waals surface area contributed by atoms with Crippen LogP contribution in [0.15, 0.2) is 48.5 Å². The van der Waals surface area contributed by atoms with E-state index in [4.69, 9.17) is 4.74 Å². The molecule has 4 rings (SSSR count). The molecule has 2 atom stereocenters. The highest BCUT2D eigenvalue weighted by Crippen LogP contribution is 2.27. The van der Waals surface area contributed by atoms with E-state index in [9.17, 15) is 13.6 Å². The van der Waals surface area contributed by atoms with Crippen molar-refractivity contribution in [2.75, 3.05) is 26.2 Å². The Morgan fingerprint density at radius 3 is 2.64 bits per heavy atom. The minimum atomic E-state index is -0.580. The summed E-state index contributed by atoms with van der Waals surface area (Å²) in [5, 5.41) is 0. The monoisotopic (exact) mass is 386 g/mol. The molecule has 2 fully saturated rings. The number of piperidine rings is 1. The van der Waals surface area contributed by atoms with Crippen LogP contribution in [0.4, 0.5) is 8.78 Å². The number of carbonyl (C=O) groups excluding carboxylic acids is 1. The second-order valence-electron chi connectivity index (χ2n) is 7.52. The van der Waals surface area contributed by atoms with Crippen LogP contribution in [0.3, 0.4) is 0 Å². The number of nitrogens with zero attached hydrogens (tertiary/aromatic N) is 2. The van der Waals surface area contributed by atoms with E-state index < -0.39 is 11.6 Å². The average molecular weight is 386 g/mol. The fraction of sp³-hybridized carbons (Fsp3) is 0.409. The van der Waals surface area contributed by atoms with E-state index >= 15 is 0 Å². The van der Waals surface area contributed by atoms with Gasteiger partial charge in [-0.1, -0.05) is 36.4 Å². The molecule has 2 unspecified atom stereocenters. The fourth-order valence-electron chi connectivity index (χ4n) is 4.09. The van der Waals surface area contributed by atoms with Gasteiger partial charge in [0.2, 0.25) is 5.91 Å². The summed E-state index contributed by atoms with van der Waals surface area (Å²) in [6, 6.07) is 13.6. The first-order valence-electron chi connectivity index (χ1n) is 9.71. The average Bonchev–Trinajstić information content (AvgIpc) is 2.84. The summed E-state index contributed by atoms with van der Waals surface area (Å²) in [5.41, 5.74) is 1.54. The van der Waals surface area contributed by atoms with Crippen molar-refractivity contribution in [3.05, 3.63) is 71.3 Å². The molecule has 0 bridgehead atoms. The third kappa shape index (κ3) is 4.23. The normalized spacial score (nSPS) is 23.4. The van der Waals surface area contributed by atoms with E-state index in [-0.39, 0.29) is 17.9 Å². The van der Waals surface area contributed by atoms with Crippen LogP contribution in [0.1, 0.15) is 17.5 Å². The number of carbonyl (C=O) groups is 1. The Labute approximate surface area is 163 Å². The lowest BCUT2D eigenvalue weighted by molar-refractivity contribution is -0.140. The maximum atomic E-state index is 14.0. The molecule has 2 aliphatic heterocycles. The molecule has 1 amide bonds. The van der Waals surface area contributed by atoms with Crippen molar-refractivity contribution in [2.45, 2.75) is 25.6 Å². The molecule has 2 saturated heterocycles. The highest BCUT2D eigenvalue weighted by atomic mass is 19.1. The van der Waals surface area contributed by atoms with E-state index in [0.717, 1.165) is 24.6 Å². The lowest BCUT2D eigenvalue weighted by Gasteiger charge is -2.37. The molecule has 4 nitrogen and oxygen atoms in total. The Morgan fingerprint density at radius 2 is 1.86 bits per heavy atom. The first-order valence-corrected chi connectivity index (χ1v) is 9.71. The summed E-state index contributed by atoms with van der Waals surface area (Å²) in [6.45, 7) is 3.29. The van der Waals surface area contributed by atoms with Crippen LogP contribution >= 0.6 is 0 Å². The van der Waals surface area contributed by atoms with E-state index in [2.05, 4.69) is 4.90 Å². The van der Waals surface area contributed by atoms with Gasteiger partial charge in [0.05, 0.1) is 18.6 Å². The quantitative estimate of drug-likeness (QED) is 0.809. The van der Waals surface area contributed by atoms with Gasteiger partial charge in [-0.05, 0) is 18.1 Å². The summed E-state index contributed by atoms with van der Waals surface area (Å²) < 4.78 is 33.1. The number of ether oxygens (including phenoxy) is 1. The first kappa shape index (κ1) is 19.0. The van der Waals surface area contributed by atoms with Gasteiger partial charge in [0.1, 0.15) is 11.6 Å². The summed E-state index contributed by atoms with van der Waals surface area (Å²) in [6.07, 6.45) is 0.640. The van der Waals surface area contributed by atoms with Crippen molar-refractivity contribution in [3.63, 3.8) is 0 Å². The van der Waals surface area contributed by atoms with Crippen molar-refractivity contribution in [1.82, 2.24) is 9.80 Å². The number of hydrogen-bond donors (Lipinski definition) is 0. The maximum Gasteiger partial charge on any atom is 0.229 e. The van der Waals surface area contributed by atoms with Crippen LogP contribution in [0, 0.1) is 17.6 Å². The lowest BCUT2D eigenvalue weighted by Crippen LogP contribution is -2.49. The molecule has 28 heavy (non-hydrogen) atoms. The van der Waals surface area contributed by atoms with E-state index in [1.165, 1.54) is 12.1 Å². The highest BCUT2D eigenvalue weighted by Gasteiger charge is 2.39. The predicted octanol–water partition coefficient (Wildman–Crippen LogP) is 3.21. The number of halogens is 2. The zero-order valence-corrected chi connectivity index (χ0v) is 15.7.